The number of nitrogens with two attached hydrogens (primary N) is 1. The Morgan fingerprint density at radius 3 is 2.81 bits per heavy atom. The van der Waals surface area contributed by atoms with E-state index in [1.54, 1.807) is 6.07 Å². The number of likely N-dealkylation sites (tertiary alicyclic amines) is 1. The quantitative estimate of drug-likeness (QED) is 0.686. The number of hydrogen-bond acceptors (Lipinski definition) is 3. The molecule has 1 aliphatic heterocycles. The normalized spacial score (nSPS) is 18.8. The van der Waals surface area contributed by atoms with Crippen LogP contribution in [0.5, 0.6) is 0 Å². The Morgan fingerprint density at radius 1 is 1.41 bits per heavy atom. The second-order valence-electron chi connectivity index (χ2n) is 7.05. The van der Waals surface area contributed by atoms with Gasteiger partial charge in [-0.15, -0.1) is 12.4 Å². The first-order chi connectivity index (χ1) is 12.4. The molecule has 3 atom stereocenters. The highest BCUT2D eigenvalue weighted by Crippen LogP contribution is 2.18. The Hall–Kier alpha value is -1.86. The molecule has 4 N–H and O–H groups in total. The number of anilines is 1. The van der Waals surface area contributed by atoms with Crippen LogP contribution in [-0.4, -0.2) is 42.5 Å². The van der Waals surface area contributed by atoms with Crippen molar-refractivity contribution in [3.8, 4) is 0 Å². The SMILES string of the molecule is CCC(C)C(N)C(=O)N1CCCC(CNC(=O)Nc2cccc(F)c2)C1.Cl. The van der Waals surface area contributed by atoms with Crippen molar-refractivity contribution in [2.24, 2.45) is 17.6 Å². The van der Waals surface area contributed by atoms with Gasteiger partial charge in [-0.1, -0.05) is 26.3 Å². The Bertz CT molecular complexity index is 631. The van der Waals surface area contributed by atoms with Crippen molar-refractivity contribution in [1.29, 1.82) is 0 Å². The first kappa shape index (κ1) is 23.2. The summed E-state index contributed by atoms with van der Waals surface area (Å²) in [6.07, 6.45) is 2.71. The molecule has 152 valence electrons. The molecular weight excluding hydrogens is 371 g/mol. The molecule has 0 spiro atoms. The summed E-state index contributed by atoms with van der Waals surface area (Å²) in [7, 11) is 0. The molecule has 1 aromatic carbocycles. The largest absolute Gasteiger partial charge is 0.341 e. The van der Waals surface area contributed by atoms with E-state index in [4.69, 9.17) is 5.73 Å². The molecule has 0 bridgehead atoms. The average molecular weight is 401 g/mol. The molecule has 0 radical (unpaired) electrons. The minimum absolute atomic E-state index is 0. The number of rotatable bonds is 6. The summed E-state index contributed by atoms with van der Waals surface area (Å²) in [6, 6.07) is 4.90. The Morgan fingerprint density at radius 2 is 2.15 bits per heavy atom. The van der Waals surface area contributed by atoms with Gasteiger partial charge in [-0.25, -0.2) is 9.18 Å². The molecule has 1 aliphatic rings. The van der Waals surface area contributed by atoms with E-state index in [2.05, 4.69) is 10.6 Å². The number of piperidine rings is 1. The van der Waals surface area contributed by atoms with Crippen LogP contribution in [0.3, 0.4) is 0 Å². The molecule has 8 heteroatoms. The lowest BCUT2D eigenvalue weighted by Gasteiger charge is -2.35. The number of nitrogens with one attached hydrogen (secondary N) is 2. The van der Waals surface area contributed by atoms with Crippen LogP contribution in [-0.2, 0) is 4.79 Å². The van der Waals surface area contributed by atoms with Crippen molar-refractivity contribution in [3.63, 3.8) is 0 Å². The van der Waals surface area contributed by atoms with Crippen LogP contribution in [0.15, 0.2) is 24.3 Å². The van der Waals surface area contributed by atoms with Gasteiger partial charge in [-0.2, -0.15) is 0 Å². The minimum Gasteiger partial charge on any atom is -0.341 e. The highest BCUT2D eigenvalue weighted by molar-refractivity contribution is 5.89. The lowest BCUT2D eigenvalue weighted by molar-refractivity contribution is -0.135. The maximum absolute atomic E-state index is 13.1. The average Bonchev–Trinajstić information content (AvgIpc) is 2.64. The Balaban J connectivity index is 0.00000364. The van der Waals surface area contributed by atoms with E-state index < -0.39 is 11.9 Å². The van der Waals surface area contributed by atoms with Gasteiger partial charge < -0.3 is 21.3 Å². The molecule has 27 heavy (non-hydrogen) atoms. The van der Waals surface area contributed by atoms with E-state index in [-0.39, 0.29) is 36.2 Å². The third-order valence-electron chi connectivity index (χ3n) is 5.01. The lowest BCUT2D eigenvalue weighted by atomic mass is 9.94. The summed E-state index contributed by atoms with van der Waals surface area (Å²) in [5.41, 5.74) is 6.47. The summed E-state index contributed by atoms with van der Waals surface area (Å²) in [4.78, 5) is 26.3. The van der Waals surface area contributed by atoms with Crippen LogP contribution in [0.2, 0.25) is 0 Å². The number of benzene rings is 1. The van der Waals surface area contributed by atoms with Crippen molar-refractivity contribution in [3.05, 3.63) is 30.1 Å². The van der Waals surface area contributed by atoms with Crippen LogP contribution in [0.1, 0.15) is 33.1 Å². The third-order valence-corrected chi connectivity index (χ3v) is 5.01. The van der Waals surface area contributed by atoms with Gasteiger partial charge in [0.25, 0.3) is 0 Å². The summed E-state index contributed by atoms with van der Waals surface area (Å²) < 4.78 is 13.1. The molecule has 1 heterocycles. The van der Waals surface area contributed by atoms with Gasteiger partial charge in [0.15, 0.2) is 0 Å². The molecule has 6 nitrogen and oxygen atoms in total. The van der Waals surface area contributed by atoms with Crippen molar-refractivity contribution >= 4 is 30.0 Å². The van der Waals surface area contributed by atoms with Crippen LogP contribution >= 0.6 is 12.4 Å². The number of carbonyl (C=O) groups is 2. The summed E-state index contributed by atoms with van der Waals surface area (Å²) >= 11 is 0. The number of amides is 3. The topological polar surface area (TPSA) is 87.5 Å². The summed E-state index contributed by atoms with van der Waals surface area (Å²) in [6.45, 7) is 5.79. The second kappa shape index (κ2) is 11.1. The fourth-order valence-corrected chi connectivity index (χ4v) is 3.12. The van der Waals surface area contributed by atoms with E-state index in [9.17, 15) is 14.0 Å². The van der Waals surface area contributed by atoms with Crippen LogP contribution < -0.4 is 16.4 Å². The monoisotopic (exact) mass is 400 g/mol. The fourth-order valence-electron chi connectivity index (χ4n) is 3.12. The lowest BCUT2D eigenvalue weighted by Crippen LogP contribution is -2.51. The van der Waals surface area contributed by atoms with E-state index in [1.165, 1.54) is 18.2 Å². The van der Waals surface area contributed by atoms with Gasteiger partial charge in [0.2, 0.25) is 5.91 Å². The molecule has 1 saturated heterocycles. The van der Waals surface area contributed by atoms with Gasteiger partial charge in [0.05, 0.1) is 6.04 Å². The van der Waals surface area contributed by atoms with Gasteiger partial charge in [-0.3, -0.25) is 4.79 Å². The van der Waals surface area contributed by atoms with E-state index in [0.717, 1.165) is 25.8 Å². The molecule has 1 aromatic rings. The molecule has 0 aromatic heterocycles. The predicted octanol–water partition coefficient (Wildman–Crippen LogP) is 2.98. The molecule has 1 fully saturated rings. The number of carbonyl (C=O) groups excluding carboxylic acids is 2. The van der Waals surface area contributed by atoms with Gasteiger partial charge in [0.1, 0.15) is 5.82 Å². The van der Waals surface area contributed by atoms with Crippen LogP contribution in [0.4, 0.5) is 14.9 Å². The molecule has 2 rings (SSSR count). The highest BCUT2D eigenvalue weighted by Gasteiger charge is 2.29. The van der Waals surface area contributed by atoms with Gasteiger partial charge in [-0.05, 0) is 42.9 Å². The van der Waals surface area contributed by atoms with Crippen molar-refractivity contribution < 1.29 is 14.0 Å². The number of urea groups is 1. The summed E-state index contributed by atoms with van der Waals surface area (Å²) in [5.74, 6) is -0.0664. The number of halogens is 2. The van der Waals surface area contributed by atoms with Gasteiger partial charge in [0, 0.05) is 25.3 Å². The van der Waals surface area contributed by atoms with Crippen molar-refractivity contribution in [1.82, 2.24) is 10.2 Å². The molecule has 3 amide bonds. The van der Waals surface area contributed by atoms with Crippen LogP contribution in [0.25, 0.3) is 0 Å². The fraction of sp³-hybridized carbons (Fsp3) is 0.579. The third kappa shape index (κ3) is 6.99. The zero-order valence-electron chi connectivity index (χ0n) is 15.9. The Labute approximate surface area is 166 Å². The van der Waals surface area contributed by atoms with Crippen LogP contribution in [0, 0.1) is 17.7 Å². The Kier molecular flexibility index (Phi) is 9.52. The smallest absolute Gasteiger partial charge is 0.319 e. The maximum Gasteiger partial charge on any atom is 0.319 e. The highest BCUT2D eigenvalue weighted by atomic mass is 35.5. The van der Waals surface area contributed by atoms with Crippen molar-refractivity contribution in [2.75, 3.05) is 25.0 Å². The first-order valence-corrected chi connectivity index (χ1v) is 9.25. The number of nitrogens with zero attached hydrogens (tertiary/aromatic N) is 1. The standard InChI is InChI=1S/C19H29FN4O2.ClH/c1-3-13(2)17(21)18(25)24-9-5-6-14(12-24)11-22-19(26)23-16-8-4-7-15(20)10-16;/h4,7-8,10,13-14,17H,3,5-6,9,11-12,21H2,1-2H3,(H2,22,23,26);1H. The zero-order chi connectivity index (χ0) is 19.1. The molecule has 3 unspecified atom stereocenters. The van der Waals surface area contributed by atoms with Crippen molar-refractivity contribution in [2.45, 2.75) is 39.2 Å². The van der Waals surface area contributed by atoms with Gasteiger partial charge >= 0.3 is 6.03 Å². The molecule has 0 aliphatic carbocycles. The molecule has 0 saturated carbocycles. The van der Waals surface area contributed by atoms with E-state index >= 15 is 0 Å². The minimum atomic E-state index is -0.469. The maximum atomic E-state index is 13.1. The molecular formula is C19H30ClFN4O2. The van der Waals surface area contributed by atoms with E-state index in [0.29, 0.717) is 18.8 Å². The second-order valence-corrected chi connectivity index (χ2v) is 7.05. The first-order valence-electron chi connectivity index (χ1n) is 9.25. The summed E-state index contributed by atoms with van der Waals surface area (Å²) in [5, 5.41) is 5.41. The van der Waals surface area contributed by atoms with E-state index in [1.807, 2.05) is 18.7 Å². The zero-order valence-corrected chi connectivity index (χ0v) is 16.7. The predicted molar refractivity (Wildman–Crippen MR) is 107 cm³/mol. The number of hydrogen-bond donors (Lipinski definition) is 3.